The molecule has 0 N–H and O–H groups in total. The highest BCUT2D eigenvalue weighted by molar-refractivity contribution is 9.10. The Labute approximate surface area is 124 Å². The first-order chi connectivity index (χ1) is 7.55. The van der Waals surface area contributed by atoms with E-state index in [1.54, 1.807) is 0 Å². The van der Waals surface area contributed by atoms with Crippen molar-refractivity contribution < 1.29 is 0 Å². The first-order valence-electron chi connectivity index (χ1n) is 5.42. The highest BCUT2D eigenvalue weighted by atomic mass is 79.9. The minimum absolute atomic E-state index is 0.175. The Hall–Kier alpha value is 0.660. The first kappa shape index (κ1) is 14.7. The van der Waals surface area contributed by atoms with Crippen molar-refractivity contribution in [3.8, 4) is 0 Å². The summed E-state index contributed by atoms with van der Waals surface area (Å²) in [5, 5.41) is 1.96. The van der Waals surface area contributed by atoms with Gasteiger partial charge in [0.05, 0.1) is 0 Å². The molecular weight excluding hydrogens is 396 g/mol. The Balaban J connectivity index is 3.15. The molecule has 0 unspecified atom stereocenters. The van der Waals surface area contributed by atoms with Crippen LogP contribution in [0.25, 0.3) is 0 Å². The fourth-order valence-electron chi connectivity index (χ4n) is 2.07. The lowest BCUT2D eigenvalue weighted by Crippen LogP contribution is -2.32. The molecule has 0 atom stereocenters. The van der Waals surface area contributed by atoms with Crippen molar-refractivity contribution in [3.63, 3.8) is 0 Å². The van der Waals surface area contributed by atoms with Crippen molar-refractivity contribution >= 4 is 47.8 Å². The highest BCUT2D eigenvalue weighted by Crippen LogP contribution is 2.38. The van der Waals surface area contributed by atoms with Gasteiger partial charge < -0.3 is 0 Å². The van der Waals surface area contributed by atoms with E-state index in [0.717, 1.165) is 10.7 Å². The number of rotatable bonds is 5. The van der Waals surface area contributed by atoms with E-state index in [9.17, 15) is 0 Å². The molecular formula is C13H17Br3. The van der Waals surface area contributed by atoms with Crippen LogP contribution < -0.4 is 0 Å². The van der Waals surface area contributed by atoms with E-state index in [-0.39, 0.29) is 5.41 Å². The number of alkyl halides is 2. The minimum Gasteiger partial charge on any atom is -0.0918 e. The molecule has 0 spiro atoms. The van der Waals surface area contributed by atoms with Gasteiger partial charge in [0.25, 0.3) is 0 Å². The molecule has 0 aliphatic heterocycles. The van der Waals surface area contributed by atoms with Gasteiger partial charge in [-0.05, 0) is 24.0 Å². The quantitative estimate of drug-likeness (QED) is 0.558. The highest BCUT2D eigenvalue weighted by Gasteiger charge is 2.32. The zero-order chi connectivity index (χ0) is 12.2. The maximum absolute atomic E-state index is 3.68. The van der Waals surface area contributed by atoms with Crippen LogP contribution in [0.5, 0.6) is 0 Å². The molecule has 0 aromatic heterocycles. The molecule has 0 nitrogen and oxygen atoms in total. The van der Waals surface area contributed by atoms with E-state index in [1.165, 1.54) is 16.5 Å². The normalized spacial score (nSPS) is 12.1. The second kappa shape index (κ2) is 6.55. The van der Waals surface area contributed by atoms with Crippen LogP contribution in [0.3, 0.4) is 0 Å². The van der Waals surface area contributed by atoms with E-state index in [4.69, 9.17) is 0 Å². The van der Waals surface area contributed by atoms with Gasteiger partial charge in [0.15, 0.2) is 0 Å². The standard InChI is InChI=1S/C13H17Br3/c1-10(2)7-13(8-14,9-15)11-5-3-4-6-12(11)16/h3-6,10H,7-9H2,1-2H3. The zero-order valence-corrected chi connectivity index (χ0v) is 14.4. The van der Waals surface area contributed by atoms with Crippen molar-refractivity contribution in [2.45, 2.75) is 25.7 Å². The van der Waals surface area contributed by atoms with E-state index < -0.39 is 0 Å². The van der Waals surface area contributed by atoms with Gasteiger partial charge in [-0.15, -0.1) is 0 Å². The molecule has 0 fully saturated rings. The van der Waals surface area contributed by atoms with Crippen LogP contribution in [0.15, 0.2) is 28.7 Å². The van der Waals surface area contributed by atoms with Crippen molar-refractivity contribution in [1.29, 1.82) is 0 Å². The lowest BCUT2D eigenvalue weighted by atomic mass is 9.78. The summed E-state index contributed by atoms with van der Waals surface area (Å²) >= 11 is 11.0. The predicted octanol–water partition coefficient (Wildman–Crippen LogP) is 5.52. The Kier molecular flexibility index (Phi) is 6.03. The molecule has 1 aromatic rings. The van der Waals surface area contributed by atoms with E-state index in [1.807, 2.05) is 0 Å². The molecule has 0 radical (unpaired) electrons. The van der Waals surface area contributed by atoms with Gasteiger partial charge in [0.2, 0.25) is 0 Å². The Morgan fingerprint density at radius 3 is 2.12 bits per heavy atom. The average Bonchev–Trinajstić information content (AvgIpc) is 2.26. The molecule has 90 valence electrons. The van der Waals surface area contributed by atoms with Gasteiger partial charge >= 0.3 is 0 Å². The van der Waals surface area contributed by atoms with Gasteiger partial charge in [-0.2, -0.15) is 0 Å². The molecule has 0 aliphatic carbocycles. The van der Waals surface area contributed by atoms with Crippen LogP contribution in [0.1, 0.15) is 25.8 Å². The minimum atomic E-state index is 0.175. The predicted molar refractivity (Wildman–Crippen MR) is 82.9 cm³/mol. The molecule has 16 heavy (non-hydrogen) atoms. The first-order valence-corrected chi connectivity index (χ1v) is 8.46. The third-order valence-electron chi connectivity index (χ3n) is 2.76. The van der Waals surface area contributed by atoms with E-state index in [0.29, 0.717) is 5.92 Å². The summed E-state index contributed by atoms with van der Waals surface area (Å²) in [6.07, 6.45) is 1.17. The van der Waals surface area contributed by atoms with E-state index >= 15 is 0 Å². The second-order valence-corrected chi connectivity index (χ2v) is 6.60. The third kappa shape index (κ3) is 3.33. The van der Waals surface area contributed by atoms with Crippen molar-refractivity contribution in [1.82, 2.24) is 0 Å². The Morgan fingerprint density at radius 2 is 1.69 bits per heavy atom. The average molecular weight is 413 g/mol. The molecule has 0 bridgehead atoms. The molecule has 0 heterocycles. The van der Waals surface area contributed by atoms with Crippen molar-refractivity contribution in [2.24, 2.45) is 5.92 Å². The van der Waals surface area contributed by atoms with Gasteiger partial charge in [-0.3, -0.25) is 0 Å². The fraction of sp³-hybridized carbons (Fsp3) is 0.538. The van der Waals surface area contributed by atoms with Crippen LogP contribution in [0.2, 0.25) is 0 Å². The van der Waals surface area contributed by atoms with Crippen LogP contribution in [0, 0.1) is 5.92 Å². The molecule has 0 saturated carbocycles. The number of benzene rings is 1. The SMILES string of the molecule is CC(C)CC(CBr)(CBr)c1ccccc1Br. The molecule has 1 aromatic carbocycles. The summed E-state index contributed by atoms with van der Waals surface area (Å²) in [6.45, 7) is 4.55. The van der Waals surface area contributed by atoms with Crippen LogP contribution in [-0.4, -0.2) is 10.7 Å². The van der Waals surface area contributed by atoms with Crippen LogP contribution in [-0.2, 0) is 5.41 Å². The lowest BCUT2D eigenvalue weighted by Gasteiger charge is -2.33. The maximum atomic E-state index is 3.68. The number of hydrogen-bond donors (Lipinski definition) is 0. The van der Waals surface area contributed by atoms with Crippen molar-refractivity contribution in [2.75, 3.05) is 10.7 Å². The van der Waals surface area contributed by atoms with Gasteiger partial charge in [-0.25, -0.2) is 0 Å². The van der Waals surface area contributed by atoms with Gasteiger partial charge in [0, 0.05) is 20.5 Å². The summed E-state index contributed by atoms with van der Waals surface area (Å²) in [5.41, 5.74) is 1.56. The summed E-state index contributed by atoms with van der Waals surface area (Å²) in [7, 11) is 0. The monoisotopic (exact) mass is 410 g/mol. The fourth-order valence-corrected chi connectivity index (χ4v) is 4.77. The third-order valence-corrected chi connectivity index (χ3v) is 5.59. The van der Waals surface area contributed by atoms with Crippen molar-refractivity contribution in [3.05, 3.63) is 34.3 Å². The van der Waals surface area contributed by atoms with E-state index in [2.05, 4.69) is 85.9 Å². The number of hydrogen-bond acceptors (Lipinski definition) is 0. The topological polar surface area (TPSA) is 0 Å². The van der Waals surface area contributed by atoms with Crippen LogP contribution in [0.4, 0.5) is 0 Å². The molecule has 0 aliphatic rings. The maximum Gasteiger partial charge on any atom is 0.0213 e. The second-order valence-electron chi connectivity index (χ2n) is 4.63. The molecule has 3 heteroatoms. The Morgan fingerprint density at radius 1 is 1.12 bits per heavy atom. The molecule has 0 saturated heterocycles. The largest absolute Gasteiger partial charge is 0.0918 e. The summed E-state index contributed by atoms with van der Waals surface area (Å²) in [6, 6.07) is 8.52. The molecule has 1 rings (SSSR count). The molecule has 0 amide bonds. The Bertz CT molecular complexity index is 330. The summed E-state index contributed by atoms with van der Waals surface area (Å²) in [4.78, 5) is 0. The van der Waals surface area contributed by atoms with Crippen LogP contribution >= 0.6 is 47.8 Å². The summed E-state index contributed by atoms with van der Waals surface area (Å²) < 4.78 is 1.20. The smallest absolute Gasteiger partial charge is 0.0213 e. The summed E-state index contributed by atoms with van der Waals surface area (Å²) in [5.74, 6) is 0.683. The number of halogens is 3. The lowest BCUT2D eigenvalue weighted by molar-refractivity contribution is 0.415. The van der Waals surface area contributed by atoms with Gasteiger partial charge in [0.1, 0.15) is 0 Å². The van der Waals surface area contributed by atoms with Gasteiger partial charge in [-0.1, -0.05) is 79.8 Å². The zero-order valence-electron chi connectivity index (χ0n) is 9.64.